The standard InChI is InChI=1S/C37H30N4O3S2/c1-24-12-9-10-17-28(24)20-33(40-35(43)27-15-7-4-8-16-27)36(44)39-29-18-11-19-30(21-29)46-25(2)34(42)41-37-31(22-38)32(23-45-37)26-13-5-3-6-14-26/h3-21,23,25H,1-2H3,(H,39,44)(H,40,43)(H,41,42)/b33-20-. The van der Waals surface area contributed by atoms with Crippen molar-refractivity contribution < 1.29 is 14.4 Å². The maximum absolute atomic E-state index is 13.5. The first-order chi connectivity index (χ1) is 22.3. The molecule has 0 radical (unpaired) electrons. The molecule has 3 N–H and O–H groups in total. The summed E-state index contributed by atoms with van der Waals surface area (Å²) in [7, 11) is 0. The number of hydrogen-bond acceptors (Lipinski definition) is 6. The lowest BCUT2D eigenvalue weighted by Crippen LogP contribution is -2.30. The number of rotatable bonds is 10. The third-order valence-electron chi connectivity index (χ3n) is 7.02. The second-order valence-corrected chi connectivity index (χ2v) is 12.6. The Morgan fingerprint density at radius 3 is 2.28 bits per heavy atom. The first kappa shape index (κ1) is 32.0. The van der Waals surface area contributed by atoms with E-state index in [0.717, 1.165) is 27.1 Å². The number of hydrogen-bond donors (Lipinski definition) is 3. The number of carbonyl (C=O) groups is 3. The molecule has 7 nitrogen and oxygen atoms in total. The Hall–Kier alpha value is -5.43. The van der Waals surface area contributed by atoms with E-state index >= 15 is 0 Å². The van der Waals surface area contributed by atoms with Crippen LogP contribution in [0.4, 0.5) is 10.7 Å². The largest absolute Gasteiger partial charge is 0.321 e. The third kappa shape index (κ3) is 7.99. The Balaban J connectivity index is 1.28. The summed E-state index contributed by atoms with van der Waals surface area (Å²) in [5.74, 6) is -1.14. The van der Waals surface area contributed by atoms with Gasteiger partial charge < -0.3 is 16.0 Å². The molecule has 0 spiro atoms. The normalized spacial score (nSPS) is 11.6. The van der Waals surface area contributed by atoms with Gasteiger partial charge in [-0.05, 0) is 66.9 Å². The number of benzene rings is 4. The maximum atomic E-state index is 13.5. The van der Waals surface area contributed by atoms with E-state index < -0.39 is 17.1 Å². The first-order valence-electron chi connectivity index (χ1n) is 14.4. The fraction of sp³-hybridized carbons (Fsp3) is 0.0811. The molecule has 5 aromatic rings. The highest BCUT2D eigenvalue weighted by Gasteiger charge is 2.20. The van der Waals surface area contributed by atoms with Gasteiger partial charge in [0.05, 0.1) is 10.8 Å². The van der Waals surface area contributed by atoms with Crippen LogP contribution in [0, 0.1) is 18.3 Å². The van der Waals surface area contributed by atoms with Gasteiger partial charge in [-0.3, -0.25) is 14.4 Å². The van der Waals surface area contributed by atoms with Crippen LogP contribution in [0.25, 0.3) is 17.2 Å². The number of nitriles is 1. The van der Waals surface area contributed by atoms with Crippen molar-refractivity contribution in [3.63, 3.8) is 0 Å². The fourth-order valence-corrected chi connectivity index (χ4v) is 6.40. The highest BCUT2D eigenvalue weighted by molar-refractivity contribution is 8.00. The SMILES string of the molecule is Cc1ccccc1/C=C(\NC(=O)c1ccccc1)C(=O)Nc1cccc(SC(C)C(=O)Nc2scc(-c3ccccc3)c2C#N)c1. The van der Waals surface area contributed by atoms with Gasteiger partial charge in [0.25, 0.3) is 11.8 Å². The van der Waals surface area contributed by atoms with E-state index in [1.54, 1.807) is 55.5 Å². The van der Waals surface area contributed by atoms with Gasteiger partial charge in [-0.25, -0.2) is 0 Å². The summed E-state index contributed by atoms with van der Waals surface area (Å²) >= 11 is 2.64. The minimum atomic E-state index is -0.499. The van der Waals surface area contributed by atoms with Crippen LogP contribution in [-0.4, -0.2) is 23.0 Å². The Kier molecular flexibility index (Phi) is 10.5. The van der Waals surface area contributed by atoms with Gasteiger partial charge in [-0.15, -0.1) is 23.1 Å². The number of aryl methyl sites for hydroxylation is 1. The van der Waals surface area contributed by atoms with Gasteiger partial charge in [-0.2, -0.15) is 5.26 Å². The molecule has 4 aromatic carbocycles. The monoisotopic (exact) mass is 642 g/mol. The Morgan fingerprint density at radius 1 is 0.870 bits per heavy atom. The van der Waals surface area contributed by atoms with Crippen LogP contribution in [0.15, 0.2) is 125 Å². The van der Waals surface area contributed by atoms with Gasteiger partial charge >= 0.3 is 0 Å². The van der Waals surface area contributed by atoms with E-state index in [0.29, 0.717) is 21.8 Å². The fourth-order valence-electron chi connectivity index (χ4n) is 4.55. The maximum Gasteiger partial charge on any atom is 0.272 e. The van der Waals surface area contributed by atoms with Gasteiger partial charge in [-0.1, -0.05) is 78.9 Å². The summed E-state index contributed by atoms with van der Waals surface area (Å²) in [5, 5.41) is 20.3. The summed E-state index contributed by atoms with van der Waals surface area (Å²) in [6.45, 7) is 3.71. The number of carbonyl (C=O) groups excluding carboxylic acids is 3. The van der Waals surface area contributed by atoms with E-state index in [-0.39, 0.29) is 11.6 Å². The highest BCUT2D eigenvalue weighted by atomic mass is 32.2. The third-order valence-corrected chi connectivity index (χ3v) is 9.00. The number of anilines is 2. The van der Waals surface area contributed by atoms with Crippen molar-refractivity contribution >= 4 is 57.6 Å². The van der Waals surface area contributed by atoms with Gasteiger partial charge in [0.2, 0.25) is 5.91 Å². The molecule has 9 heteroatoms. The Morgan fingerprint density at radius 2 is 1.57 bits per heavy atom. The zero-order valence-corrected chi connectivity index (χ0v) is 26.7. The molecule has 0 aliphatic rings. The van der Waals surface area contributed by atoms with E-state index in [4.69, 9.17) is 0 Å². The predicted octanol–water partition coefficient (Wildman–Crippen LogP) is 8.12. The molecule has 0 saturated carbocycles. The predicted molar refractivity (Wildman–Crippen MR) is 187 cm³/mol. The second-order valence-electron chi connectivity index (χ2n) is 10.3. The van der Waals surface area contributed by atoms with Crippen LogP contribution < -0.4 is 16.0 Å². The lowest BCUT2D eigenvalue weighted by molar-refractivity contribution is -0.115. The number of thiophene rings is 1. The quantitative estimate of drug-likeness (QED) is 0.105. The van der Waals surface area contributed by atoms with Crippen molar-refractivity contribution in [1.82, 2.24) is 5.32 Å². The van der Waals surface area contributed by atoms with E-state index in [2.05, 4.69) is 22.0 Å². The van der Waals surface area contributed by atoms with Gasteiger partial charge in [0.1, 0.15) is 16.8 Å². The number of nitrogens with zero attached hydrogens (tertiary/aromatic N) is 1. The molecule has 0 aliphatic heterocycles. The van der Waals surface area contributed by atoms with Crippen molar-refractivity contribution in [1.29, 1.82) is 5.26 Å². The lowest BCUT2D eigenvalue weighted by atomic mass is 10.1. The molecule has 5 rings (SSSR count). The summed E-state index contributed by atoms with van der Waals surface area (Å²) in [4.78, 5) is 40.4. The molecule has 0 aliphatic carbocycles. The first-order valence-corrected chi connectivity index (χ1v) is 16.2. The van der Waals surface area contributed by atoms with E-state index in [1.165, 1.54) is 23.1 Å². The second kappa shape index (κ2) is 15.0. The van der Waals surface area contributed by atoms with Crippen LogP contribution in [-0.2, 0) is 9.59 Å². The zero-order chi connectivity index (χ0) is 32.5. The molecule has 0 saturated heterocycles. The summed E-state index contributed by atoms with van der Waals surface area (Å²) in [6.07, 6.45) is 1.65. The van der Waals surface area contributed by atoms with Crippen LogP contribution in [0.5, 0.6) is 0 Å². The van der Waals surface area contributed by atoms with Gasteiger partial charge in [0.15, 0.2) is 0 Å². The van der Waals surface area contributed by atoms with E-state index in [9.17, 15) is 19.6 Å². The smallest absolute Gasteiger partial charge is 0.272 e. The van der Waals surface area contributed by atoms with Gasteiger partial charge in [0, 0.05) is 27.1 Å². The molecule has 0 bridgehead atoms. The molecular formula is C37H30N4O3S2. The summed E-state index contributed by atoms with van der Waals surface area (Å²) in [5.41, 5.74) is 4.90. The molecule has 0 fully saturated rings. The topological polar surface area (TPSA) is 111 Å². The number of thioether (sulfide) groups is 1. The molecule has 1 unspecified atom stereocenters. The van der Waals surface area contributed by atoms with Crippen LogP contribution in [0.1, 0.15) is 34.0 Å². The molecule has 1 atom stereocenters. The molecular weight excluding hydrogens is 613 g/mol. The van der Waals surface area contributed by atoms with Crippen LogP contribution in [0.2, 0.25) is 0 Å². The van der Waals surface area contributed by atoms with Crippen molar-refractivity contribution in [2.24, 2.45) is 0 Å². The number of amides is 3. The van der Waals surface area contributed by atoms with Crippen molar-refractivity contribution in [2.75, 3.05) is 10.6 Å². The van der Waals surface area contributed by atoms with Crippen LogP contribution >= 0.6 is 23.1 Å². The zero-order valence-electron chi connectivity index (χ0n) is 25.1. The Bertz CT molecular complexity index is 1950. The molecule has 228 valence electrons. The molecule has 1 aromatic heterocycles. The van der Waals surface area contributed by atoms with Crippen molar-refractivity contribution in [3.8, 4) is 17.2 Å². The van der Waals surface area contributed by atoms with Crippen molar-refractivity contribution in [3.05, 3.63) is 143 Å². The Labute approximate surface area is 276 Å². The van der Waals surface area contributed by atoms with E-state index in [1.807, 2.05) is 79.0 Å². The molecule has 1 heterocycles. The highest BCUT2D eigenvalue weighted by Crippen LogP contribution is 2.36. The lowest BCUT2D eigenvalue weighted by Gasteiger charge is -2.14. The number of nitrogens with one attached hydrogen (secondary N) is 3. The average molecular weight is 643 g/mol. The molecule has 46 heavy (non-hydrogen) atoms. The summed E-state index contributed by atoms with van der Waals surface area (Å²) < 4.78 is 0. The van der Waals surface area contributed by atoms with Crippen molar-refractivity contribution in [2.45, 2.75) is 24.0 Å². The summed E-state index contributed by atoms with van der Waals surface area (Å²) in [6, 6.07) is 35.2. The average Bonchev–Trinajstić information content (AvgIpc) is 3.48. The minimum Gasteiger partial charge on any atom is -0.321 e. The minimum absolute atomic E-state index is 0.0908. The molecule has 3 amide bonds. The van der Waals surface area contributed by atoms with Crippen LogP contribution in [0.3, 0.4) is 0 Å².